The van der Waals surface area contributed by atoms with E-state index in [0.717, 1.165) is 60.7 Å². The summed E-state index contributed by atoms with van der Waals surface area (Å²) < 4.78 is 2.28. The van der Waals surface area contributed by atoms with Crippen molar-refractivity contribution in [2.75, 3.05) is 0 Å². The Hall–Kier alpha value is -7.31. The van der Waals surface area contributed by atoms with Gasteiger partial charge < -0.3 is 0 Å². The molecule has 1 aliphatic rings. The molecule has 7 aromatic carbocycles. The summed E-state index contributed by atoms with van der Waals surface area (Å²) in [5.41, 5.74) is 12.2. The van der Waals surface area contributed by atoms with Gasteiger partial charge in [-0.25, -0.2) is 24.9 Å². The van der Waals surface area contributed by atoms with Crippen molar-refractivity contribution in [1.29, 1.82) is 0 Å². The topological polar surface area (TPSA) is 69.4 Å². The Labute approximate surface area is 323 Å². The first-order chi connectivity index (χ1) is 27.5. The molecule has 3 heterocycles. The van der Waals surface area contributed by atoms with Gasteiger partial charge in [-0.2, -0.15) is 0 Å². The van der Waals surface area contributed by atoms with Crippen molar-refractivity contribution in [3.05, 3.63) is 181 Å². The molecule has 0 N–H and O–H groups in total. The molecular formula is C50H34N6. The van der Waals surface area contributed by atoms with E-state index in [2.05, 4.69) is 140 Å². The van der Waals surface area contributed by atoms with Crippen LogP contribution in [0, 0.1) is 0 Å². The van der Waals surface area contributed by atoms with Crippen molar-refractivity contribution in [3.63, 3.8) is 0 Å². The lowest BCUT2D eigenvalue weighted by atomic mass is 9.81. The maximum atomic E-state index is 5.45. The molecule has 0 atom stereocenters. The van der Waals surface area contributed by atoms with Gasteiger partial charge in [-0.15, -0.1) is 0 Å². The van der Waals surface area contributed by atoms with Crippen LogP contribution in [-0.2, 0) is 5.41 Å². The molecule has 6 heteroatoms. The number of para-hydroxylation sites is 2. The molecule has 0 unspecified atom stereocenters. The van der Waals surface area contributed by atoms with Crippen molar-refractivity contribution in [2.45, 2.75) is 19.3 Å². The molecule has 6 nitrogen and oxygen atoms in total. The van der Waals surface area contributed by atoms with E-state index in [1.54, 1.807) is 0 Å². The van der Waals surface area contributed by atoms with Crippen molar-refractivity contribution < 1.29 is 0 Å². The minimum absolute atomic E-state index is 0.312. The highest BCUT2D eigenvalue weighted by atomic mass is 15.2. The van der Waals surface area contributed by atoms with E-state index in [1.807, 2.05) is 48.5 Å². The Morgan fingerprint density at radius 2 is 1.00 bits per heavy atom. The van der Waals surface area contributed by atoms with E-state index < -0.39 is 0 Å². The summed E-state index contributed by atoms with van der Waals surface area (Å²) >= 11 is 0. The monoisotopic (exact) mass is 718 g/mol. The molecule has 0 radical (unpaired) electrons. The molecule has 1 aliphatic carbocycles. The van der Waals surface area contributed by atoms with Crippen LogP contribution in [0.25, 0.3) is 95.2 Å². The Balaban J connectivity index is 1.31. The Morgan fingerprint density at radius 3 is 1.70 bits per heavy atom. The third-order valence-corrected chi connectivity index (χ3v) is 11.3. The summed E-state index contributed by atoms with van der Waals surface area (Å²) in [6.07, 6.45) is 0. The molecule has 0 spiro atoms. The lowest BCUT2D eigenvalue weighted by Crippen LogP contribution is -2.15. The van der Waals surface area contributed by atoms with Gasteiger partial charge in [0.25, 0.3) is 0 Å². The first kappa shape index (κ1) is 32.1. The molecule has 0 saturated carbocycles. The second kappa shape index (κ2) is 12.4. The normalized spacial score (nSPS) is 13.0. The number of hydrogen-bond acceptors (Lipinski definition) is 5. The second-order valence-corrected chi connectivity index (χ2v) is 14.9. The smallest absolute Gasteiger partial charge is 0.235 e. The van der Waals surface area contributed by atoms with Gasteiger partial charge in [-0.05, 0) is 34.9 Å². The molecule has 56 heavy (non-hydrogen) atoms. The zero-order valence-corrected chi connectivity index (χ0v) is 30.8. The van der Waals surface area contributed by atoms with Gasteiger partial charge >= 0.3 is 0 Å². The van der Waals surface area contributed by atoms with Crippen molar-refractivity contribution in [1.82, 2.24) is 29.5 Å². The van der Waals surface area contributed by atoms with Gasteiger partial charge in [0.1, 0.15) is 0 Å². The minimum Gasteiger partial charge on any atom is -0.277 e. The molecule has 0 fully saturated rings. The van der Waals surface area contributed by atoms with Crippen LogP contribution >= 0.6 is 0 Å². The fourth-order valence-corrected chi connectivity index (χ4v) is 8.62. The van der Waals surface area contributed by atoms with Crippen LogP contribution in [0.1, 0.15) is 25.0 Å². The van der Waals surface area contributed by atoms with E-state index in [0.29, 0.717) is 23.4 Å². The first-order valence-corrected chi connectivity index (χ1v) is 18.9. The summed E-state index contributed by atoms with van der Waals surface area (Å²) in [7, 11) is 0. The third-order valence-electron chi connectivity index (χ3n) is 11.3. The average Bonchev–Trinajstić information content (AvgIpc) is 3.72. The highest BCUT2D eigenvalue weighted by Gasteiger charge is 2.39. The van der Waals surface area contributed by atoms with Crippen LogP contribution in [0.15, 0.2) is 170 Å². The molecule has 0 saturated heterocycles. The summed E-state index contributed by atoms with van der Waals surface area (Å²) in [6.45, 7) is 4.64. The quantitative estimate of drug-likeness (QED) is 0.177. The summed E-state index contributed by atoms with van der Waals surface area (Å²) in [5.74, 6) is 2.48. The molecule has 11 rings (SSSR count). The van der Waals surface area contributed by atoms with Crippen molar-refractivity contribution >= 4 is 32.7 Å². The first-order valence-electron chi connectivity index (χ1n) is 18.9. The SMILES string of the molecule is CC1(C)c2ccccc2-c2c1cc(-c1nc(-c3ccccc3)nc(-c3ccccc3)n1)c1c3ccccc3n(-c3nc(-c4ccccc4)c4ccccc4n3)c21. The average molecular weight is 719 g/mol. The van der Waals surface area contributed by atoms with Gasteiger partial charge in [0.2, 0.25) is 5.95 Å². The number of benzene rings is 7. The number of hydrogen-bond donors (Lipinski definition) is 0. The molecule has 10 aromatic rings. The second-order valence-electron chi connectivity index (χ2n) is 14.9. The van der Waals surface area contributed by atoms with Gasteiger partial charge in [-0.1, -0.05) is 166 Å². The molecule has 0 bridgehead atoms. The van der Waals surface area contributed by atoms with E-state index in [4.69, 9.17) is 24.9 Å². The summed E-state index contributed by atoms with van der Waals surface area (Å²) in [5, 5.41) is 3.13. The zero-order valence-electron chi connectivity index (χ0n) is 30.8. The van der Waals surface area contributed by atoms with Gasteiger partial charge in [0, 0.05) is 49.4 Å². The van der Waals surface area contributed by atoms with E-state index >= 15 is 0 Å². The summed E-state index contributed by atoms with van der Waals surface area (Å²) in [4.78, 5) is 26.4. The fourth-order valence-electron chi connectivity index (χ4n) is 8.62. The van der Waals surface area contributed by atoms with Gasteiger partial charge in [-0.3, -0.25) is 4.57 Å². The van der Waals surface area contributed by atoms with E-state index in [-0.39, 0.29) is 5.41 Å². The highest BCUT2D eigenvalue weighted by Crippen LogP contribution is 2.55. The summed E-state index contributed by atoms with van der Waals surface area (Å²) in [6, 6.07) is 58.7. The molecule has 0 aliphatic heterocycles. The van der Waals surface area contributed by atoms with Crippen LogP contribution in [0.4, 0.5) is 0 Å². The number of aromatic nitrogens is 6. The van der Waals surface area contributed by atoms with E-state index in [1.165, 1.54) is 22.3 Å². The number of nitrogens with zero attached hydrogens (tertiary/aromatic N) is 6. The Morgan fingerprint density at radius 1 is 0.446 bits per heavy atom. The molecule has 3 aromatic heterocycles. The third kappa shape index (κ3) is 4.85. The lowest BCUT2D eigenvalue weighted by molar-refractivity contribution is 0.661. The predicted octanol–water partition coefficient (Wildman–Crippen LogP) is 11.9. The Bertz CT molecular complexity index is 3090. The number of rotatable bonds is 5. The maximum absolute atomic E-state index is 5.45. The lowest BCUT2D eigenvalue weighted by Gasteiger charge is -2.22. The predicted molar refractivity (Wildman–Crippen MR) is 227 cm³/mol. The van der Waals surface area contributed by atoms with Gasteiger partial charge in [0.05, 0.1) is 22.2 Å². The van der Waals surface area contributed by atoms with Crippen LogP contribution < -0.4 is 0 Å². The standard InChI is InChI=1S/C50H34N6/c1-50(2)38-27-15-12-24-34(38)43-39(50)30-37(48-54-46(32-20-8-4-9-21-32)53-47(55-48)33-22-10-5-11-23-33)42-36-26-14-17-29-41(36)56(45(42)43)49-51-40-28-16-13-25-35(40)44(52-49)31-18-6-3-7-19-31/h3-30H,1-2H3. The van der Waals surface area contributed by atoms with Crippen LogP contribution in [-0.4, -0.2) is 29.5 Å². The molecular weight excluding hydrogens is 685 g/mol. The Kier molecular flexibility index (Phi) is 7.10. The van der Waals surface area contributed by atoms with Crippen LogP contribution in [0.5, 0.6) is 0 Å². The van der Waals surface area contributed by atoms with Crippen LogP contribution in [0.2, 0.25) is 0 Å². The zero-order chi connectivity index (χ0) is 37.4. The maximum Gasteiger partial charge on any atom is 0.235 e. The van der Waals surface area contributed by atoms with Crippen LogP contribution in [0.3, 0.4) is 0 Å². The van der Waals surface area contributed by atoms with Gasteiger partial charge in [0.15, 0.2) is 17.5 Å². The molecule has 0 amide bonds. The largest absolute Gasteiger partial charge is 0.277 e. The van der Waals surface area contributed by atoms with E-state index in [9.17, 15) is 0 Å². The fraction of sp³-hybridized carbons (Fsp3) is 0.0600. The minimum atomic E-state index is -0.312. The number of fused-ring (bicyclic) bond motifs is 8. The molecule has 264 valence electrons. The van der Waals surface area contributed by atoms with Crippen molar-refractivity contribution in [3.8, 4) is 62.5 Å². The highest BCUT2D eigenvalue weighted by molar-refractivity contribution is 6.20. The van der Waals surface area contributed by atoms with Crippen molar-refractivity contribution in [2.24, 2.45) is 0 Å².